The highest BCUT2D eigenvalue weighted by atomic mass is 19.4. The van der Waals surface area contributed by atoms with E-state index in [1.165, 1.54) is 0 Å². The third kappa shape index (κ3) is 2.59. The van der Waals surface area contributed by atoms with Gasteiger partial charge in [0, 0.05) is 0 Å². The van der Waals surface area contributed by atoms with Crippen molar-refractivity contribution in [2.24, 2.45) is 0 Å². The third-order valence-electron chi connectivity index (χ3n) is 3.63. The van der Waals surface area contributed by atoms with E-state index in [0.29, 0.717) is 11.6 Å². The van der Waals surface area contributed by atoms with Crippen molar-refractivity contribution >= 4 is 5.95 Å². The van der Waals surface area contributed by atoms with Gasteiger partial charge in [0.1, 0.15) is 0 Å². The number of rotatable bonds is 3. The molecular formula is C14H15F3N4. The van der Waals surface area contributed by atoms with E-state index in [0.717, 1.165) is 35.1 Å². The summed E-state index contributed by atoms with van der Waals surface area (Å²) in [7, 11) is 0. The molecule has 3 rings (SSSR count). The molecule has 0 unspecified atom stereocenters. The largest absolute Gasteiger partial charge is 0.453 e. The quantitative estimate of drug-likeness (QED) is 0.945. The molecule has 7 heteroatoms. The number of halogens is 3. The number of alkyl halides is 3. The van der Waals surface area contributed by atoms with Gasteiger partial charge in [0.05, 0.1) is 5.69 Å². The van der Waals surface area contributed by atoms with Crippen molar-refractivity contribution < 1.29 is 13.2 Å². The van der Waals surface area contributed by atoms with Crippen LogP contribution in [0.5, 0.6) is 0 Å². The first-order valence-electron chi connectivity index (χ1n) is 6.83. The zero-order valence-electron chi connectivity index (χ0n) is 11.5. The predicted molar refractivity (Wildman–Crippen MR) is 72.1 cm³/mol. The van der Waals surface area contributed by atoms with E-state index in [4.69, 9.17) is 5.73 Å². The molecule has 1 heterocycles. The van der Waals surface area contributed by atoms with E-state index in [1.807, 2.05) is 19.1 Å². The summed E-state index contributed by atoms with van der Waals surface area (Å²) in [5, 5.41) is 3.53. The van der Waals surface area contributed by atoms with Crippen LogP contribution in [-0.4, -0.2) is 14.8 Å². The Hall–Kier alpha value is -2.05. The highest BCUT2D eigenvalue weighted by Gasteiger charge is 2.37. The van der Waals surface area contributed by atoms with E-state index in [2.05, 4.69) is 10.1 Å². The van der Waals surface area contributed by atoms with Crippen LogP contribution in [0.2, 0.25) is 0 Å². The summed E-state index contributed by atoms with van der Waals surface area (Å²) in [6.07, 6.45) is -1.63. The van der Waals surface area contributed by atoms with Crippen LogP contribution in [0.4, 0.5) is 19.1 Å². The molecule has 0 radical (unpaired) electrons. The molecule has 0 atom stereocenters. The number of aromatic nitrogens is 3. The number of hydrogen-bond donors (Lipinski definition) is 1. The molecule has 2 aromatic rings. The van der Waals surface area contributed by atoms with Gasteiger partial charge in [0.25, 0.3) is 5.82 Å². The Bertz CT molecular complexity index is 671. The maximum absolute atomic E-state index is 12.7. The Kier molecular flexibility index (Phi) is 3.15. The number of nitrogens with two attached hydrogens (primary N) is 1. The Labute approximate surface area is 119 Å². The normalized spacial score (nSPS) is 15.4. The topological polar surface area (TPSA) is 56.7 Å². The molecule has 0 aliphatic heterocycles. The molecular weight excluding hydrogens is 281 g/mol. The minimum Gasteiger partial charge on any atom is -0.368 e. The van der Waals surface area contributed by atoms with Crippen LogP contribution in [0.25, 0.3) is 5.69 Å². The van der Waals surface area contributed by atoms with Crippen LogP contribution in [0.1, 0.15) is 42.6 Å². The van der Waals surface area contributed by atoms with E-state index < -0.39 is 12.0 Å². The smallest absolute Gasteiger partial charge is 0.368 e. The van der Waals surface area contributed by atoms with Crippen molar-refractivity contribution in [3.63, 3.8) is 0 Å². The first-order valence-corrected chi connectivity index (χ1v) is 6.83. The van der Waals surface area contributed by atoms with Gasteiger partial charge in [-0.1, -0.05) is 19.1 Å². The molecule has 112 valence electrons. The minimum atomic E-state index is -4.59. The van der Waals surface area contributed by atoms with Crippen molar-refractivity contribution in [2.45, 2.75) is 38.3 Å². The van der Waals surface area contributed by atoms with Gasteiger partial charge in [0.15, 0.2) is 0 Å². The van der Waals surface area contributed by atoms with E-state index in [-0.39, 0.29) is 5.95 Å². The lowest BCUT2D eigenvalue weighted by atomic mass is 10.0. The molecule has 0 amide bonds. The molecule has 4 nitrogen and oxygen atoms in total. The summed E-state index contributed by atoms with van der Waals surface area (Å²) in [4.78, 5) is 3.33. The third-order valence-corrected chi connectivity index (χ3v) is 3.63. The maximum atomic E-state index is 12.7. The summed E-state index contributed by atoms with van der Waals surface area (Å²) in [5.74, 6) is -1.07. The van der Waals surface area contributed by atoms with Crippen molar-refractivity contribution in [2.75, 3.05) is 5.73 Å². The Morgan fingerprint density at radius 3 is 2.57 bits per heavy atom. The highest BCUT2D eigenvalue weighted by Crippen LogP contribution is 2.43. The zero-order chi connectivity index (χ0) is 15.2. The maximum Gasteiger partial charge on any atom is 0.453 e. The van der Waals surface area contributed by atoms with Crippen LogP contribution >= 0.6 is 0 Å². The van der Waals surface area contributed by atoms with Crippen LogP contribution in [0.15, 0.2) is 18.2 Å². The van der Waals surface area contributed by atoms with Gasteiger partial charge in [-0.15, -0.1) is 5.10 Å². The molecule has 1 aromatic heterocycles. The molecule has 0 bridgehead atoms. The average Bonchev–Trinajstić information content (AvgIpc) is 3.20. The van der Waals surface area contributed by atoms with Crippen molar-refractivity contribution in [1.82, 2.24) is 14.8 Å². The van der Waals surface area contributed by atoms with Crippen LogP contribution < -0.4 is 5.73 Å². The Morgan fingerprint density at radius 1 is 1.33 bits per heavy atom. The summed E-state index contributed by atoms with van der Waals surface area (Å²) in [6, 6.07) is 5.69. The van der Waals surface area contributed by atoms with Gasteiger partial charge in [0.2, 0.25) is 5.95 Å². The molecule has 0 spiro atoms. The van der Waals surface area contributed by atoms with Crippen LogP contribution in [0, 0.1) is 0 Å². The summed E-state index contributed by atoms with van der Waals surface area (Å²) >= 11 is 0. The number of nitrogen functional groups attached to an aromatic ring is 1. The second kappa shape index (κ2) is 4.75. The summed E-state index contributed by atoms with van der Waals surface area (Å²) < 4.78 is 39.2. The highest BCUT2D eigenvalue weighted by molar-refractivity contribution is 5.49. The minimum absolute atomic E-state index is 0.242. The molecule has 1 aliphatic carbocycles. The van der Waals surface area contributed by atoms with Gasteiger partial charge >= 0.3 is 6.18 Å². The fourth-order valence-electron chi connectivity index (χ4n) is 2.36. The summed E-state index contributed by atoms with van der Waals surface area (Å²) in [6.45, 7) is 2.04. The number of hydrogen-bond acceptors (Lipinski definition) is 3. The number of benzene rings is 1. The zero-order valence-corrected chi connectivity index (χ0v) is 11.5. The van der Waals surface area contributed by atoms with E-state index in [1.54, 1.807) is 6.07 Å². The van der Waals surface area contributed by atoms with Crippen LogP contribution in [0.3, 0.4) is 0 Å². The van der Waals surface area contributed by atoms with Gasteiger partial charge < -0.3 is 5.73 Å². The van der Waals surface area contributed by atoms with E-state index >= 15 is 0 Å². The second-order valence-electron chi connectivity index (χ2n) is 5.22. The lowest BCUT2D eigenvalue weighted by Crippen LogP contribution is -2.09. The molecule has 1 fully saturated rings. The summed E-state index contributed by atoms with van der Waals surface area (Å²) in [5.41, 5.74) is 8.36. The van der Waals surface area contributed by atoms with Crippen LogP contribution in [-0.2, 0) is 12.6 Å². The monoisotopic (exact) mass is 296 g/mol. The molecule has 1 saturated carbocycles. The fraction of sp³-hybridized carbons (Fsp3) is 0.429. The van der Waals surface area contributed by atoms with E-state index in [9.17, 15) is 13.2 Å². The molecule has 1 aromatic carbocycles. The number of nitrogens with zero attached hydrogens (tertiary/aromatic N) is 3. The number of aryl methyl sites for hydroxylation is 1. The standard InChI is InChI=1S/C14H15F3N4/c1-2-8-3-6-11(10(7-8)9-4-5-9)21-13(18)19-12(20-21)14(15,16)17/h3,6-7,9H,2,4-5H2,1H3,(H2,18,19,20). The predicted octanol–water partition coefficient (Wildman–Crippen LogP) is 3.31. The first kappa shape index (κ1) is 13.9. The average molecular weight is 296 g/mol. The Morgan fingerprint density at radius 2 is 2.05 bits per heavy atom. The van der Waals surface area contributed by atoms with Gasteiger partial charge in [-0.3, -0.25) is 0 Å². The van der Waals surface area contributed by atoms with Gasteiger partial charge in [-0.25, -0.2) is 0 Å². The molecule has 0 saturated heterocycles. The van der Waals surface area contributed by atoms with Gasteiger partial charge in [-0.05, 0) is 42.4 Å². The van der Waals surface area contributed by atoms with Crippen molar-refractivity contribution in [3.8, 4) is 5.69 Å². The lowest BCUT2D eigenvalue weighted by molar-refractivity contribution is -0.144. The number of anilines is 1. The SMILES string of the molecule is CCc1ccc(-n2nc(C(F)(F)F)nc2N)c(C2CC2)c1. The lowest BCUT2D eigenvalue weighted by Gasteiger charge is -2.11. The second-order valence-corrected chi connectivity index (χ2v) is 5.22. The fourth-order valence-corrected chi connectivity index (χ4v) is 2.36. The van der Waals surface area contributed by atoms with Crippen molar-refractivity contribution in [3.05, 3.63) is 35.2 Å². The Balaban J connectivity index is 2.10. The first-order chi connectivity index (χ1) is 9.90. The molecule has 21 heavy (non-hydrogen) atoms. The molecule has 2 N–H and O–H groups in total. The van der Waals surface area contributed by atoms with Gasteiger partial charge in [-0.2, -0.15) is 22.8 Å². The van der Waals surface area contributed by atoms with Crippen molar-refractivity contribution in [1.29, 1.82) is 0 Å². The molecule has 1 aliphatic rings.